The molecule has 0 spiro atoms. The number of amides is 1. The number of nitrogens with two attached hydrogens (primary N) is 2. The largest absolute Gasteiger partial charge is 0.397 e. The van der Waals surface area contributed by atoms with Gasteiger partial charge in [0.2, 0.25) is 0 Å². The summed E-state index contributed by atoms with van der Waals surface area (Å²) in [5.41, 5.74) is 11.8. The molecule has 2 rings (SSSR count). The number of nitrogens with one attached hydrogen (secondary N) is 1. The van der Waals surface area contributed by atoms with Gasteiger partial charge in [0.25, 0.3) is 5.91 Å². The molecule has 1 atom stereocenters. The number of anilines is 2. The molecule has 1 amide bonds. The molecule has 0 aliphatic heterocycles. The van der Waals surface area contributed by atoms with E-state index in [0.717, 1.165) is 19.3 Å². The average molecular weight is 311 g/mol. The summed E-state index contributed by atoms with van der Waals surface area (Å²) >= 11 is 1.22. The zero-order chi connectivity index (χ0) is 15.6. The van der Waals surface area contributed by atoms with Gasteiger partial charge in [0.05, 0.1) is 22.7 Å². The second-order valence-corrected chi connectivity index (χ2v) is 6.28. The van der Waals surface area contributed by atoms with Crippen molar-refractivity contribution >= 4 is 33.7 Å². The number of Topliss-reactive ketones (excluding diaryl/α,β-unsaturated/α-hetero) is 1. The molecule has 1 aromatic heterocycles. The molecule has 1 aliphatic rings. The number of ketones is 1. The van der Waals surface area contributed by atoms with Crippen molar-refractivity contribution in [3.05, 3.63) is 10.4 Å². The third-order valence-corrected chi connectivity index (χ3v) is 4.71. The van der Waals surface area contributed by atoms with Crippen molar-refractivity contribution in [2.24, 2.45) is 11.7 Å². The summed E-state index contributed by atoms with van der Waals surface area (Å²) in [6.07, 6.45) is 2.61. The van der Waals surface area contributed by atoms with Crippen molar-refractivity contribution in [1.29, 1.82) is 0 Å². The minimum absolute atomic E-state index is 0.0211. The summed E-state index contributed by atoms with van der Waals surface area (Å²) in [5.74, 6) is -0.540. The number of carbonyl (C=O) groups is 2. The molecule has 0 bridgehead atoms. The maximum absolute atomic E-state index is 12.2. The highest BCUT2D eigenvalue weighted by atomic mass is 32.1. The Hall–Kier alpha value is -1.60. The maximum atomic E-state index is 12.2. The molecule has 0 aromatic carbocycles. The molecule has 1 unspecified atom stereocenters. The zero-order valence-electron chi connectivity index (χ0n) is 12.3. The lowest BCUT2D eigenvalue weighted by Gasteiger charge is -2.16. The molecule has 0 radical (unpaired) electrons. The van der Waals surface area contributed by atoms with E-state index in [9.17, 15) is 9.59 Å². The van der Waals surface area contributed by atoms with E-state index in [1.165, 1.54) is 11.3 Å². The highest BCUT2D eigenvalue weighted by Gasteiger charge is 2.35. The molecular formula is C14H21N3O3S. The Morgan fingerprint density at radius 1 is 1.48 bits per heavy atom. The van der Waals surface area contributed by atoms with Gasteiger partial charge in [-0.1, -0.05) is 6.92 Å². The van der Waals surface area contributed by atoms with Gasteiger partial charge in [-0.2, -0.15) is 0 Å². The van der Waals surface area contributed by atoms with Crippen molar-refractivity contribution in [3.63, 3.8) is 0 Å². The first-order valence-electron chi connectivity index (χ1n) is 7.01. The van der Waals surface area contributed by atoms with Crippen LogP contribution in [0.3, 0.4) is 0 Å². The molecule has 21 heavy (non-hydrogen) atoms. The van der Waals surface area contributed by atoms with Gasteiger partial charge >= 0.3 is 0 Å². The molecule has 1 aliphatic carbocycles. The minimum Gasteiger partial charge on any atom is -0.397 e. The van der Waals surface area contributed by atoms with Crippen LogP contribution in [0.15, 0.2) is 0 Å². The lowest BCUT2D eigenvalue weighted by atomic mass is 10.1. The van der Waals surface area contributed by atoms with Crippen molar-refractivity contribution in [2.75, 3.05) is 24.8 Å². The number of thiophene rings is 1. The summed E-state index contributed by atoms with van der Waals surface area (Å²) < 4.78 is 5.13. The minimum atomic E-state index is -0.617. The Morgan fingerprint density at radius 3 is 2.62 bits per heavy atom. The Balaban J connectivity index is 2.32. The third-order valence-electron chi connectivity index (χ3n) is 3.56. The van der Waals surface area contributed by atoms with E-state index in [1.54, 1.807) is 7.11 Å². The lowest BCUT2D eigenvalue weighted by molar-refractivity contribution is 0.0972. The van der Waals surface area contributed by atoms with Gasteiger partial charge in [-0.05, 0) is 19.3 Å². The van der Waals surface area contributed by atoms with Gasteiger partial charge in [-0.25, -0.2) is 0 Å². The summed E-state index contributed by atoms with van der Waals surface area (Å²) in [4.78, 5) is 24.3. The van der Waals surface area contributed by atoms with Crippen LogP contribution in [0.4, 0.5) is 10.7 Å². The van der Waals surface area contributed by atoms with E-state index in [2.05, 4.69) is 5.32 Å². The SMILES string of the molecule is CCC(COC)Nc1sc(C(=O)C2CC2)c(N)c1C(N)=O. The summed E-state index contributed by atoms with van der Waals surface area (Å²) in [6, 6.07) is 0.0371. The number of carbonyl (C=O) groups excluding carboxylic acids is 2. The number of primary amides is 1. The van der Waals surface area contributed by atoms with Crippen LogP contribution in [0.2, 0.25) is 0 Å². The van der Waals surface area contributed by atoms with Gasteiger partial charge in [-0.3, -0.25) is 9.59 Å². The Labute approximate surface area is 127 Å². The third kappa shape index (κ3) is 3.36. The Morgan fingerprint density at radius 2 is 2.14 bits per heavy atom. The fourth-order valence-electron chi connectivity index (χ4n) is 2.15. The standard InChI is InChI=1S/C14H21N3O3S/c1-3-8(6-20-2)17-14-9(13(16)19)10(15)12(21-14)11(18)7-4-5-7/h7-8,17H,3-6,15H2,1-2H3,(H2,16,19). The highest BCUT2D eigenvalue weighted by Crippen LogP contribution is 2.41. The predicted octanol–water partition coefficient (Wildman–Crippen LogP) is 1.86. The van der Waals surface area contributed by atoms with Gasteiger partial charge in [0.1, 0.15) is 5.00 Å². The topological polar surface area (TPSA) is 107 Å². The van der Waals surface area contributed by atoms with Crippen LogP contribution in [0.1, 0.15) is 46.2 Å². The van der Waals surface area contributed by atoms with Crippen LogP contribution in [0, 0.1) is 5.92 Å². The second kappa shape index (κ2) is 6.44. The molecule has 1 saturated carbocycles. The quantitative estimate of drug-likeness (QED) is 0.635. The summed E-state index contributed by atoms with van der Waals surface area (Å²) in [6.45, 7) is 2.51. The van der Waals surface area contributed by atoms with Crippen LogP contribution in [-0.4, -0.2) is 31.4 Å². The Kier molecular flexibility index (Phi) is 4.84. The number of rotatable bonds is 8. The van der Waals surface area contributed by atoms with Gasteiger partial charge < -0.3 is 21.5 Å². The van der Waals surface area contributed by atoms with Crippen LogP contribution < -0.4 is 16.8 Å². The number of methoxy groups -OCH3 is 1. The summed E-state index contributed by atoms with van der Waals surface area (Å²) in [7, 11) is 1.62. The van der Waals surface area contributed by atoms with E-state index in [0.29, 0.717) is 16.5 Å². The van der Waals surface area contributed by atoms with Crippen molar-refractivity contribution in [2.45, 2.75) is 32.2 Å². The zero-order valence-corrected chi connectivity index (χ0v) is 13.1. The van der Waals surface area contributed by atoms with Crippen LogP contribution in [0.5, 0.6) is 0 Å². The monoisotopic (exact) mass is 311 g/mol. The number of ether oxygens (including phenoxy) is 1. The molecule has 1 fully saturated rings. The first-order valence-corrected chi connectivity index (χ1v) is 7.82. The first-order chi connectivity index (χ1) is 9.99. The van der Waals surface area contributed by atoms with Gasteiger partial charge in [-0.15, -0.1) is 11.3 Å². The van der Waals surface area contributed by atoms with Gasteiger partial charge in [0, 0.05) is 19.1 Å². The van der Waals surface area contributed by atoms with E-state index in [-0.39, 0.29) is 29.0 Å². The lowest BCUT2D eigenvalue weighted by Crippen LogP contribution is -2.25. The van der Waals surface area contributed by atoms with E-state index in [4.69, 9.17) is 16.2 Å². The Bertz CT molecular complexity index is 552. The average Bonchev–Trinajstić information content (AvgIpc) is 3.22. The molecule has 1 heterocycles. The molecule has 0 saturated heterocycles. The van der Waals surface area contributed by atoms with E-state index in [1.807, 2.05) is 6.92 Å². The second-order valence-electron chi connectivity index (χ2n) is 5.26. The molecule has 1 aromatic rings. The van der Waals surface area contributed by atoms with Gasteiger partial charge in [0.15, 0.2) is 5.78 Å². The van der Waals surface area contributed by atoms with Crippen molar-refractivity contribution in [3.8, 4) is 0 Å². The fraction of sp³-hybridized carbons (Fsp3) is 0.571. The van der Waals surface area contributed by atoms with E-state index >= 15 is 0 Å². The smallest absolute Gasteiger partial charge is 0.253 e. The fourth-order valence-corrected chi connectivity index (χ4v) is 3.37. The molecular weight excluding hydrogens is 290 g/mol. The van der Waals surface area contributed by atoms with Crippen LogP contribution in [0.25, 0.3) is 0 Å². The normalized spacial score (nSPS) is 15.7. The van der Waals surface area contributed by atoms with E-state index < -0.39 is 5.91 Å². The van der Waals surface area contributed by atoms with Crippen molar-refractivity contribution < 1.29 is 14.3 Å². The number of hydrogen-bond donors (Lipinski definition) is 3. The number of hydrogen-bond acceptors (Lipinski definition) is 6. The maximum Gasteiger partial charge on any atom is 0.253 e. The van der Waals surface area contributed by atoms with Crippen LogP contribution >= 0.6 is 11.3 Å². The highest BCUT2D eigenvalue weighted by molar-refractivity contribution is 7.19. The summed E-state index contributed by atoms with van der Waals surface area (Å²) in [5, 5.41) is 3.78. The van der Waals surface area contributed by atoms with Crippen LogP contribution in [-0.2, 0) is 4.74 Å². The van der Waals surface area contributed by atoms with Crippen molar-refractivity contribution in [1.82, 2.24) is 0 Å². The predicted molar refractivity (Wildman–Crippen MR) is 83.9 cm³/mol. The molecule has 6 nitrogen and oxygen atoms in total. The molecule has 7 heteroatoms. The number of nitrogen functional groups attached to an aromatic ring is 1. The first kappa shape index (κ1) is 15.8. The molecule has 116 valence electrons. The molecule has 5 N–H and O–H groups in total.